The highest BCUT2D eigenvalue weighted by molar-refractivity contribution is 9.10. The van der Waals surface area contributed by atoms with E-state index in [1.54, 1.807) is 13.1 Å². The maximum absolute atomic E-state index is 11.9. The Hall–Kier alpha value is -1.34. The van der Waals surface area contributed by atoms with Gasteiger partial charge in [-0.3, -0.25) is 4.79 Å². The first-order chi connectivity index (χ1) is 7.07. The summed E-state index contributed by atoms with van der Waals surface area (Å²) in [5.74, 6) is -0.129. The standard InChI is InChI=1S/C11H11BrN2O/c1-8-9(4-3-5-10(8)12)11(15)14(2)7-6-13/h3-5H,7H2,1-2H3. The molecule has 0 atom stereocenters. The van der Waals surface area contributed by atoms with Gasteiger partial charge in [-0.25, -0.2) is 0 Å². The Labute approximate surface area is 97.4 Å². The predicted octanol–water partition coefficient (Wildman–Crippen LogP) is 2.35. The Morgan fingerprint density at radius 2 is 2.27 bits per heavy atom. The van der Waals surface area contributed by atoms with Crippen molar-refractivity contribution < 1.29 is 4.79 Å². The highest BCUT2D eigenvalue weighted by atomic mass is 79.9. The summed E-state index contributed by atoms with van der Waals surface area (Å²) in [4.78, 5) is 13.3. The maximum Gasteiger partial charge on any atom is 0.254 e. The number of nitriles is 1. The van der Waals surface area contributed by atoms with Gasteiger partial charge in [0, 0.05) is 17.1 Å². The van der Waals surface area contributed by atoms with Crippen molar-refractivity contribution >= 4 is 21.8 Å². The van der Waals surface area contributed by atoms with E-state index in [-0.39, 0.29) is 12.5 Å². The number of rotatable bonds is 2. The summed E-state index contributed by atoms with van der Waals surface area (Å²) in [6.45, 7) is 1.97. The van der Waals surface area contributed by atoms with Gasteiger partial charge in [0.15, 0.2) is 0 Å². The van der Waals surface area contributed by atoms with Crippen molar-refractivity contribution in [2.45, 2.75) is 6.92 Å². The normalized spacial score (nSPS) is 9.47. The van der Waals surface area contributed by atoms with Crippen molar-refractivity contribution in [1.29, 1.82) is 5.26 Å². The van der Waals surface area contributed by atoms with E-state index in [1.807, 2.05) is 25.1 Å². The molecule has 0 spiro atoms. The number of carbonyl (C=O) groups is 1. The smallest absolute Gasteiger partial charge is 0.254 e. The average molecular weight is 267 g/mol. The molecule has 4 heteroatoms. The van der Waals surface area contributed by atoms with Crippen LogP contribution in [0, 0.1) is 18.3 Å². The van der Waals surface area contributed by atoms with Gasteiger partial charge in [0.2, 0.25) is 0 Å². The van der Waals surface area contributed by atoms with E-state index in [4.69, 9.17) is 5.26 Å². The van der Waals surface area contributed by atoms with Crippen LogP contribution in [0.3, 0.4) is 0 Å². The highest BCUT2D eigenvalue weighted by Crippen LogP contribution is 2.20. The summed E-state index contributed by atoms with van der Waals surface area (Å²) in [5.41, 5.74) is 1.52. The minimum absolute atomic E-state index is 0.102. The largest absolute Gasteiger partial charge is 0.328 e. The van der Waals surface area contributed by atoms with Crippen LogP contribution in [0.2, 0.25) is 0 Å². The van der Waals surface area contributed by atoms with Gasteiger partial charge in [-0.15, -0.1) is 0 Å². The summed E-state index contributed by atoms with van der Waals surface area (Å²) >= 11 is 3.37. The first-order valence-corrected chi connectivity index (χ1v) is 5.24. The molecule has 0 bridgehead atoms. The molecule has 15 heavy (non-hydrogen) atoms. The molecule has 1 aromatic rings. The zero-order chi connectivity index (χ0) is 11.4. The predicted molar refractivity (Wildman–Crippen MR) is 61.5 cm³/mol. The van der Waals surface area contributed by atoms with Crippen LogP contribution >= 0.6 is 15.9 Å². The lowest BCUT2D eigenvalue weighted by atomic mass is 10.1. The summed E-state index contributed by atoms with van der Waals surface area (Å²) in [7, 11) is 1.62. The van der Waals surface area contributed by atoms with Gasteiger partial charge in [0.05, 0.1) is 6.07 Å². The third kappa shape index (κ3) is 2.57. The van der Waals surface area contributed by atoms with Gasteiger partial charge in [0.1, 0.15) is 6.54 Å². The first-order valence-electron chi connectivity index (χ1n) is 4.45. The van der Waals surface area contributed by atoms with Crippen molar-refractivity contribution in [3.8, 4) is 6.07 Å². The van der Waals surface area contributed by atoms with Gasteiger partial charge in [-0.1, -0.05) is 22.0 Å². The minimum Gasteiger partial charge on any atom is -0.328 e. The second-order valence-electron chi connectivity index (χ2n) is 3.23. The van der Waals surface area contributed by atoms with Crippen molar-refractivity contribution in [1.82, 2.24) is 4.90 Å². The van der Waals surface area contributed by atoms with Crippen molar-refractivity contribution in [3.63, 3.8) is 0 Å². The van der Waals surface area contributed by atoms with Crippen molar-refractivity contribution in [3.05, 3.63) is 33.8 Å². The van der Waals surface area contributed by atoms with Gasteiger partial charge in [0.25, 0.3) is 5.91 Å². The van der Waals surface area contributed by atoms with Crippen LogP contribution < -0.4 is 0 Å². The monoisotopic (exact) mass is 266 g/mol. The molecule has 0 unspecified atom stereocenters. The molecule has 0 saturated heterocycles. The van der Waals surface area contributed by atoms with Crippen LogP contribution in [0.25, 0.3) is 0 Å². The van der Waals surface area contributed by atoms with E-state index in [9.17, 15) is 4.79 Å². The Kier molecular flexibility index (Phi) is 3.87. The molecule has 0 heterocycles. The molecule has 0 aromatic heterocycles. The number of halogens is 1. The molecular formula is C11H11BrN2O. The molecule has 3 nitrogen and oxygen atoms in total. The average Bonchev–Trinajstić information content (AvgIpc) is 2.21. The number of benzene rings is 1. The zero-order valence-corrected chi connectivity index (χ0v) is 10.2. The summed E-state index contributed by atoms with van der Waals surface area (Å²) < 4.78 is 0.902. The van der Waals surface area contributed by atoms with Gasteiger partial charge in [-0.2, -0.15) is 5.26 Å². The van der Waals surface area contributed by atoms with Crippen LogP contribution in [0.5, 0.6) is 0 Å². The lowest BCUT2D eigenvalue weighted by Gasteiger charge is -2.15. The van der Waals surface area contributed by atoms with Crippen molar-refractivity contribution in [2.75, 3.05) is 13.6 Å². The van der Waals surface area contributed by atoms with Crippen LogP contribution in [-0.4, -0.2) is 24.4 Å². The Morgan fingerprint density at radius 1 is 1.60 bits per heavy atom. The fourth-order valence-electron chi connectivity index (χ4n) is 1.22. The Balaban J connectivity index is 3.02. The third-order valence-corrected chi connectivity index (χ3v) is 3.01. The van der Waals surface area contributed by atoms with E-state index >= 15 is 0 Å². The molecular weight excluding hydrogens is 256 g/mol. The van der Waals surface area contributed by atoms with E-state index < -0.39 is 0 Å². The summed E-state index contributed by atoms with van der Waals surface area (Å²) in [5, 5.41) is 8.50. The summed E-state index contributed by atoms with van der Waals surface area (Å²) in [6, 6.07) is 7.40. The zero-order valence-electron chi connectivity index (χ0n) is 8.62. The van der Waals surface area contributed by atoms with Gasteiger partial charge in [-0.05, 0) is 24.6 Å². The molecule has 1 amide bonds. The van der Waals surface area contributed by atoms with E-state index in [1.165, 1.54) is 4.90 Å². The van der Waals surface area contributed by atoms with Crippen LogP contribution in [-0.2, 0) is 0 Å². The van der Waals surface area contributed by atoms with E-state index in [0.717, 1.165) is 10.0 Å². The molecule has 0 saturated carbocycles. The quantitative estimate of drug-likeness (QED) is 0.772. The Bertz CT molecular complexity index is 423. The van der Waals surface area contributed by atoms with Crippen LogP contribution in [0.1, 0.15) is 15.9 Å². The van der Waals surface area contributed by atoms with E-state index in [2.05, 4.69) is 15.9 Å². The molecule has 0 aliphatic rings. The second kappa shape index (κ2) is 4.94. The van der Waals surface area contributed by atoms with Gasteiger partial charge >= 0.3 is 0 Å². The fraction of sp³-hybridized carbons (Fsp3) is 0.273. The molecule has 0 aliphatic heterocycles. The molecule has 0 fully saturated rings. The molecule has 0 N–H and O–H groups in total. The minimum atomic E-state index is -0.129. The number of carbonyl (C=O) groups excluding carboxylic acids is 1. The first kappa shape index (κ1) is 11.7. The molecule has 1 rings (SSSR count). The SMILES string of the molecule is Cc1c(Br)cccc1C(=O)N(C)CC#N. The van der Waals surface area contributed by atoms with Gasteiger partial charge < -0.3 is 4.90 Å². The maximum atomic E-state index is 11.9. The van der Waals surface area contributed by atoms with Crippen molar-refractivity contribution in [2.24, 2.45) is 0 Å². The number of hydrogen-bond acceptors (Lipinski definition) is 2. The van der Waals surface area contributed by atoms with Crippen LogP contribution in [0.15, 0.2) is 22.7 Å². The second-order valence-corrected chi connectivity index (χ2v) is 4.09. The Morgan fingerprint density at radius 3 is 2.87 bits per heavy atom. The number of nitrogens with zero attached hydrogens (tertiary/aromatic N) is 2. The topological polar surface area (TPSA) is 44.1 Å². The van der Waals surface area contributed by atoms with E-state index in [0.29, 0.717) is 5.56 Å². The lowest BCUT2D eigenvalue weighted by Crippen LogP contribution is -2.27. The van der Waals surface area contributed by atoms with Crippen LogP contribution in [0.4, 0.5) is 0 Å². The summed E-state index contributed by atoms with van der Waals surface area (Å²) in [6.07, 6.45) is 0. The lowest BCUT2D eigenvalue weighted by molar-refractivity contribution is 0.0811. The highest BCUT2D eigenvalue weighted by Gasteiger charge is 2.14. The molecule has 0 aliphatic carbocycles. The number of hydrogen-bond donors (Lipinski definition) is 0. The third-order valence-electron chi connectivity index (χ3n) is 2.15. The molecule has 1 aromatic carbocycles. The fourth-order valence-corrected chi connectivity index (χ4v) is 1.59. The molecule has 78 valence electrons. The number of amides is 1. The molecule has 0 radical (unpaired) electrons.